The molecule has 122 valence electrons. The van der Waals surface area contributed by atoms with Crippen LogP contribution in [0.3, 0.4) is 0 Å². The number of nitrogens with one attached hydrogen (secondary N) is 1. The average molecular weight is 380 g/mol. The molecule has 0 unspecified atom stereocenters. The molecular weight excluding hydrogens is 362 g/mol. The van der Waals surface area contributed by atoms with Gasteiger partial charge < -0.3 is 9.67 Å². The molecule has 1 aromatic carbocycles. The number of halogens is 1. The molecule has 2 rings (SSSR count). The molecule has 0 radical (unpaired) electrons. The van der Waals surface area contributed by atoms with Gasteiger partial charge in [-0.25, -0.2) is 4.98 Å². The van der Waals surface area contributed by atoms with Crippen LogP contribution in [0.1, 0.15) is 24.8 Å². The maximum absolute atomic E-state index is 10.5. The number of hydrogen-bond acceptors (Lipinski definition) is 4. The molecule has 7 heteroatoms. The first-order valence-corrected chi connectivity index (χ1v) is 7.99. The quantitative estimate of drug-likeness (QED) is 0.515. The third kappa shape index (κ3) is 6.25. The molecule has 0 spiro atoms. The number of carbonyl (C=O) groups is 1. The number of carboxylic acid groups (broad SMARTS) is 1. The van der Waals surface area contributed by atoms with Crippen LogP contribution in [0.25, 0.3) is 11.9 Å². The molecule has 2 N–H and O–H groups in total. The van der Waals surface area contributed by atoms with Gasteiger partial charge >= 0.3 is 5.97 Å². The number of rotatable bonds is 9. The number of hydrogen-bond donors (Lipinski definition) is 2. The topological polar surface area (TPSA) is 76.4 Å². The van der Waals surface area contributed by atoms with Gasteiger partial charge in [0.25, 0.3) is 0 Å². The van der Waals surface area contributed by atoms with Crippen LogP contribution in [0.5, 0.6) is 0 Å². The first kappa shape index (κ1) is 17.2. The number of imidazole rings is 1. The smallest absolute Gasteiger partial charge is 0.303 e. The van der Waals surface area contributed by atoms with E-state index in [-0.39, 0.29) is 6.42 Å². The fourth-order valence-electron chi connectivity index (χ4n) is 1.89. The maximum Gasteiger partial charge on any atom is 0.303 e. The molecule has 0 saturated carbocycles. The Balaban J connectivity index is 1.96. The van der Waals surface area contributed by atoms with Gasteiger partial charge in [-0.15, -0.1) is 0 Å². The normalized spacial score (nSPS) is 11.4. The van der Waals surface area contributed by atoms with E-state index in [0.717, 1.165) is 15.7 Å². The summed E-state index contributed by atoms with van der Waals surface area (Å²) in [5.74, 6) is -0.784. The molecule has 0 aliphatic heterocycles. The molecule has 0 aliphatic carbocycles. The fraction of sp³-hybridized carbons (Fsp3) is 0.250. The molecule has 2 aromatic rings. The Morgan fingerprint density at radius 2 is 2.30 bits per heavy atom. The Kier molecular flexibility index (Phi) is 6.83. The number of carboxylic acids is 1. The third-order valence-electron chi connectivity index (χ3n) is 3.01. The number of aromatic nitrogens is 2. The predicted octanol–water partition coefficient (Wildman–Crippen LogP) is 3.38. The standard InChI is InChI=1S/C16H18BrN3O3/c17-14-5-3-4-13(10-14)15(11-20-8-7-18-12-20)19-23-9-2-1-6-16(21)22/h3-5,7-8,10-12,19H,1-2,6,9H2,(H,21,22). The van der Waals surface area contributed by atoms with Gasteiger partial charge in [0.2, 0.25) is 0 Å². The Hall–Kier alpha value is -2.12. The molecule has 0 saturated heterocycles. The van der Waals surface area contributed by atoms with Gasteiger partial charge in [0.1, 0.15) is 0 Å². The maximum atomic E-state index is 10.5. The van der Waals surface area contributed by atoms with E-state index >= 15 is 0 Å². The number of aliphatic carboxylic acids is 1. The van der Waals surface area contributed by atoms with E-state index in [1.807, 2.05) is 41.2 Å². The first-order valence-electron chi connectivity index (χ1n) is 7.20. The summed E-state index contributed by atoms with van der Waals surface area (Å²) in [4.78, 5) is 19.9. The van der Waals surface area contributed by atoms with Gasteiger partial charge in [-0.2, -0.15) is 0 Å². The number of hydroxylamine groups is 1. The summed E-state index contributed by atoms with van der Waals surface area (Å²) in [7, 11) is 0. The SMILES string of the molecule is O=C(O)CCCCONC(=Cn1ccnc1)c1cccc(Br)c1. The van der Waals surface area contributed by atoms with Crippen LogP contribution in [0, 0.1) is 0 Å². The lowest BCUT2D eigenvalue weighted by atomic mass is 10.2. The zero-order chi connectivity index (χ0) is 16.5. The van der Waals surface area contributed by atoms with Crippen molar-refractivity contribution >= 4 is 33.8 Å². The highest BCUT2D eigenvalue weighted by molar-refractivity contribution is 9.10. The second kappa shape index (κ2) is 9.12. The van der Waals surface area contributed by atoms with Crippen molar-refractivity contribution < 1.29 is 14.7 Å². The van der Waals surface area contributed by atoms with Crippen LogP contribution in [0.15, 0.2) is 47.5 Å². The van der Waals surface area contributed by atoms with Crippen molar-refractivity contribution in [1.29, 1.82) is 0 Å². The lowest BCUT2D eigenvalue weighted by Crippen LogP contribution is -2.15. The molecule has 23 heavy (non-hydrogen) atoms. The lowest BCUT2D eigenvalue weighted by molar-refractivity contribution is -0.137. The van der Waals surface area contributed by atoms with Crippen LogP contribution >= 0.6 is 15.9 Å². The van der Waals surface area contributed by atoms with Crippen molar-refractivity contribution in [2.45, 2.75) is 19.3 Å². The largest absolute Gasteiger partial charge is 0.481 e. The molecule has 1 heterocycles. The molecule has 6 nitrogen and oxygen atoms in total. The second-order valence-corrected chi connectivity index (χ2v) is 5.78. The Bertz CT molecular complexity index is 656. The molecule has 0 atom stereocenters. The number of nitrogens with zero attached hydrogens (tertiary/aromatic N) is 2. The van der Waals surface area contributed by atoms with E-state index in [2.05, 4.69) is 26.4 Å². The summed E-state index contributed by atoms with van der Waals surface area (Å²) in [6.07, 6.45) is 8.50. The highest BCUT2D eigenvalue weighted by Crippen LogP contribution is 2.18. The van der Waals surface area contributed by atoms with Gasteiger partial charge in [-0.3, -0.25) is 15.1 Å². The molecular formula is C16H18BrN3O3. The minimum atomic E-state index is -0.784. The Morgan fingerprint density at radius 3 is 3.00 bits per heavy atom. The van der Waals surface area contributed by atoms with Crippen molar-refractivity contribution in [3.8, 4) is 0 Å². The van der Waals surface area contributed by atoms with Crippen molar-refractivity contribution in [3.05, 3.63) is 53.0 Å². The summed E-state index contributed by atoms with van der Waals surface area (Å²) in [6.45, 7) is 0.433. The fourth-order valence-corrected chi connectivity index (χ4v) is 2.29. The summed E-state index contributed by atoms with van der Waals surface area (Å²) >= 11 is 3.45. The molecule has 0 fully saturated rings. The van der Waals surface area contributed by atoms with E-state index in [1.165, 1.54) is 0 Å². The van der Waals surface area contributed by atoms with E-state index < -0.39 is 5.97 Å². The third-order valence-corrected chi connectivity index (χ3v) is 3.50. The molecule has 0 bridgehead atoms. The van der Waals surface area contributed by atoms with Crippen LogP contribution in [-0.2, 0) is 9.63 Å². The van der Waals surface area contributed by atoms with Crippen LogP contribution in [0.4, 0.5) is 0 Å². The second-order valence-electron chi connectivity index (χ2n) is 4.86. The molecule has 1 aromatic heterocycles. The first-order chi connectivity index (χ1) is 11.1. The minimum Gasteiger partial charge on any atom is -0.481 e. The highest BCUT2D eigenvalue weighted by Gasteiger charge is 2.04. The van der Waals surface area contributed by atoms with Crippen LogP contribution in [0.2, 0.25) is 0 Å². The van der Waals surface area contributed by atoms with Crippen molar-refractivity contribution in [3.63, 3.8) is 0 Å². The minimum absolute atomic E-state index is 0.159. The van der Waals surface area contributed by atoms with Crippen molar-refractivity contribution in [2.75, 3.05) is 6.61 Å². The number of unbranched alkanes of at least 4 members (excludes halogenated alkanes) is 1. The summed E-state index contributed by atoms with van der Waals surface area (Å²) in [5.41, 5.74) is 4.67. The van der Waals surface area contributed by atoms with Gasteiger partial charge in [-0.1, -0.05) is 28.1 Å². The van der Waals surface area contributed by atoms with E-state index in [0.29, 0.717) is 19.4 Å². The van der Waals surface area contributed by atoms with Gasteiger partial charge in [0, 0.05) is 35.1 Å². The Labute approximate surface area is 142 Å². The molecule has 0 amide bonds. The zero-order valence-corrected chi connectivity index (χ0v) is 14.1. The van der Waals surface area contributed by atoms with Gasteiger partial charge in [-0.05, 0) is 25.0 Å². The van der Waals surface area contributed by atoms with Gasteiger partial charge in [0.15, 0.2) is 0 Å². The summed E-state index contributed by atoms with van der Waals surface area (Å²) in [6, 6.07) is 7.83. The summed E-state index contributed by atoms with van der Waals surface area (Å²) < 4.78 is 2.78. The molecule has 0 aliphatic rings. The number of benzene rings is 1. The van der Waals surface area contributed by atoms with Crippen molar-refractivity contribution in [1.82, 2.24) is 15.0 Å². The van der Waals surface area contributed by atoms with E-state index in [4.69, 9.17) is 9.94 Å². The Morgan fingerprint density at radius 1 is 1.43 bits per heavy atom. The highest BCUT2D eigenvalue weighted by atomic mass is 79.9. The monoisotopic (exact) mass is 379 g/mol. The van der Waals surface area contributed by atoms with Crippen LogP contribution in [-0.4, -0.2) is 27.2 Å². The summed E-state index contributed by atoms with van der Waals surface area (Å²) in [5, 5.41) is 8.60. The van der Waals surface area contributed by atoms with Crippen LogP contribution < -0.4 is 5.48 Å². The van der Waals surface area contributed by atoms with E-state index in [9.17, 15) is 4.79 Å². The lowest BCUT2D eigenvalue weighted by Gasteiger charge is -2.12. The average Bonchev–Trinajstić information content (AvgIpc) is 3.02. The van der Waals surface area contributed by atoms with Crippen molar-refractivity contribution in [2.24, 2.45) is 0 Å². The predicted molar refractivity (Wildman–Crippen MR) is 91.1 cm³/mol. The van der Waals surface area contributed by atoms with E-state index in [1.54, 1.807) is 12.5 Å². The van der Waals surface area contributed by atoms with Gasteiger partial charge in [0.05, 0.1) is 18.6 Å². The zero-order valence-electron chi connectivity index (χ0n) is 12.5.